The monoisotopic (exact) mass is 243 g/mol. The summed E-state index contributed by atoms with van der Waals surface area (Å²) in [6, 6.07) is 1.86. The number of benzene rings is 1. The van der Waals surface area contributed by atoms with Crippen LogP contribution in [-0.4, -0.2) is 6.36 Å². The second-order valence-corrected chi connectivity index (χ2v) is 2.94. The highest BCUT2D eigenvalue weighted by Crippen LogP contribution is 2.31. The van der Waals surface area contributed by atoms with Gasteiger partial charge in [-0.25, -0.2) is 4.39 Å². The number of hydrogen-bond donors (Lipinski definition) is 1. The lowest BCUT2D eigenvalue weighted by molar-refractivity contribution is -0.275. The van der Waals surface area contributed by atoms with Crippen LogP contribution in [0.3, 0.4) is 0 Å². The van der Waals surface area contributed by atoms with Crippen molar-refractivity contribution in [3.8, 4) is 5.75 Å². The molecule has 0 unspecified atom stereocenters. The highest BCUT2D eigenvalue weighted by atomic mass is 35.5. The first kappa shape index (κ1) is 11.9. The van der Waals surface area contributed by atoms with E-state index in [0.717, 1.165) is 12.1 Å². The SMILES string of the molecule is Nc1cc(F)c(OC(F)(F)F)c(CCl)c1. The fourth-order valence-electron chi connectivity index (χ4n) is 1.00. The zero-order valence-corrected chi connectivity index (χ0v) is 7.99. The topological polar surface area (TPSA) is 35.2 Å². The molecule has 0 amide bonds. The largest absolute Gasteiger partial charge is 0.573 e. The van der Waals surface area contributed by atoms with E-state index in [2.05, 4.69) is 4.74 Å². The highest BCUT2D eigenvalue weighted by molar-refractivity contribution is 6.17. The van der Waals surface area contributed by atoms with E-state index in [0.29, 0.717) is 0 Å². The molecule has 0 aliphatic carbocycles. The molecular formula is C8H6ClF4NO. The quantitative estimate of drug-likeness (QED) is 0.492. The molecular weight excluding hydrogens is 238 g/mol. The maximum Gasteiger partial charge on any atom is 0.573 e. The predicted molar refractivity (Wildman–Crippen MR) is 47.1 cm³/mol. The summed E-state index contributed by atoms with van der Waals surface area (Å²) >= 11 is 5.34. The molecule has 1 aromatic rings. The van der Waals surface area contributed by atoms with Crippen LogP contribution in [0.2, 0.25) is 0 Å². The third-order valence-corrected chi connectivity index (χ3v) is 1.79. The fourth-order valence-corrected chi connectivity index (χ4v) is 1.20. The zero-order valence-electron chi connectivity index (χ0n) is 7.24. The van der Waals surface area contributed by atoms with Crippen LogP contribution in [0.25, 0.3) is 0 Å². The Bertz CT molecular complexity index is 366. The molecule has 15 heavy (non-hydrogen) atoms. The van der Waals surface area contributed by atoms with Crippen molar-refractivity contribution < 1.29 is 22.3 Å². The van der Waals surface area contributed by atoms with Crippen LogP contribution in [0.4, 0.5) is 23.2 Å². The third-order valence-electron chi connectivity index (χ3n) is 1.50. The van der Waals surface area contributed by atoms with Gasteiger partial charge in [-0.1, -0.05) is 0 Å². The number of halogens is 5. The lowest BCUT2D eigenvalue weighted by atomic mass is 10.2. The van der Waals surface area contributed by atoms with Crippen LogP contribution in [0.1, 0.15) is 5.56 Å². The molecule has 0 saturated heterocycles. The molecule has 0 fully saturated rings. The maximum absolute atomic E-state index is 13.1. The van der Waals surface area contributed by atoms with E-state index in [-0.39, 0.29) is 17.1 Å². The van der Waals surface area contributed by atoms with Gasteiger partial charge in [-0.15, -0.1) is 24.8 Å². The number of ether oxygens (including phenoxy) is 1. The Labute approximate surface area is 87.6 Å². The first-order chi connectivity index (χ1) is 6.83. The third kappa shape index (κ3) is 3.16. The lowest BCUT2D eigenvalue weighted by Gasteiger charge is -2.13. The summed E-state index contributed by atoms with van der Waals surface area (Å²) < 4.78 is 52.2. The van der Waals surface area contributed by atoms with Crippen LogP contribution >= 0.6 is 11.6 Å². The van der Waals surface area contributed by atoms with Crippen molar-refractivity contribution in [2.75, 3.05) is 5.73 Å². The van der Waals surface area contributed by atoms with E-state index >= 15 is 0 Å². The second-order valence-electron chi connectivity index (χ2n) is 2.67. The Morgan fingerprint density at radius 3 is 2.40 bits per heavy atom. The first-order valence-electron chi connectivity index (χ1n) is 3.73. The average molecular weight is 244 g/mol. The molecule has 0 aliphatic rings. The number of rotatable bonds is 2. The molecule has 2 nitrogen and oxygen atoms in total. The molecule has 0 aliphatic heterocycles. The van der Waals surface area contributed by atoms with Gasteiger partial charge >= 0.3 is 6.36 Å². The number of alkyl halides is 4. The van der Waals surface area contributed by atoms with Crippen molar-refractivity contribution in [1.29, 1.82) is 0 Å². The van der Waals surface area contributed by atoms with Crippen LogP contribution in [0.15, 0.2) is 12.1 Å². The van der Waals surface area contributed by atoms with Crippen molar-refractivity contribution in [1.82, 2.24) is 0 Å². The standard InChI is InChI=1S/C8H6ClF4NO/c9-3-4-1-5(14)2-6(10)7(4)15-8(11,12)13/h1-2H,3,14H2. The Morgan fingerprint density at radius 2 is 1.93 bits per heavy atom. The summed E-state index contributed by atoms with van der Waals surface area (Å²) in [6.07, 6.45) is -4.96. The maximum atomic E-state index is 13.1. The normalized spacial score (nSPS) is 11.5. The Hall–Kier alpha value is -1.17. The molecule has 1 aromatic carbocycles. The second kappa shape index (κ2) is 4.14. The Kier molecular flexibility index (Phi) is 3.28. The van der Waals surface area contributed by atoms with Gasteiger partial charge in [0.1, 0.15) is 0 Å². The summed E-state index contributed by atoms with van der Waals surface area (Å²) in [5.74, 6) is -2.46. The molecule has 84 valence electrons. The number of nitrogen functional groups attached to an aromatic ring is 1. The van der Waals surface area contributed by atoms with Crippen molar-refractivity contribution >= 4 is 17.3 Å². The van der Waals surface area contributed by atoms with E-state index in [9.17, 15) is 17.6 Å². The molecule has 0 bridgehead atoms. The van der Waals surface area contributed by atoms with Gasteiger partial charge in [-0.3, -0.25) is 0 Å². The lowest BCUT2D eigenvalue weighted by Crippen LogP contribution is -2.19. The highest BCUT2D eigenvalue weighted by Gasteiger charge is 2.33. The van der Waals surface area contributed by atoms with Gasteiger partial charge < -0.3 is 10.5 Å². The van der Waals surface area contributed by atoms with Crippen molar-refractivity contribution in [2.45, 2.75) is 12.2 Å². The van der Waals surface area contributed by atoms with E-state index in [4.69, 9.17) is 17.3 Å². The van der Waals surface area contributed by atoms with Gasteiger partial charge in [0.2, 0.25) is 0 Å². The van der Waals surface area contributed by atoms with E-state index in [1.807, 2.05) is 0 Å². The number of hydrogen-bond acceptors (Lipinski definition) is 2. The Morgan fingerprint density at radius 1 is 1.33 bits per heavy atom. The van der Waals surface area contributed by atoms with Gasteiger partial charge in [-0.05, 0) is 6.07 Å². The predicted octanol–water partition coefficient (Wildman–Crippen LogP) is 3.05. The molecule has 7 heteroatoms. The molecule has 0 radical (unpaired) electrons. The van der Waals surface area contributed by atoms with Crippen LogP contribution in [0.5, 0.6) is 5.75 Å². The summed E-state index contributed by atoms with van der Waals surface area (Å²) in [4.78, 5) is 0. The van der Waals surface area contributed by atoms with Crippen LogP contribution in [-0.2, 0) is 5.88 Å². The van der Waals surface area contributed by atoms with Crippen molar-refractivity contribution in [3.63, 3.8) is 0 Å². The van der Waals surface area contributed by atoms with Gasteiger partial charge in [0.15, 0.2) is 11.6 Å². The number of anilines is 1. The average Bonchev–Trinajstić information content (AvgIpc) is 2.07. The van der Waals surface area contributed by atoms with Crippen LogP contribution in [0, 0.1) is 5.82 Å². The summed E-state index contributed by atoms with van der Waals surface area (Å²) in [7, 11) is 0. The minimum absolute atomic E-state index is 0.0160. The van der Waals surface area contributed by atoms with E-state index in [1.165, 1.54) is 0 Å². The first-order valence-corrected chi connectivity index (χ1v) is 4.26. The minimum atomic E-state index is -4.96. The fraction of sp³-hybridized carbons (Fsp3) is 0.250. The summed E-state index contributed by atoms with van der Waals surface area (Å²) in [5, 5.41) is 0. The van der Waals surface area contributed by atoms with Crippen molar-refractivity contribution in [2.24, 2.45) is 0 Å². The summed E-state index contributed by atoms with van der Waals surface area (Å²) in [5.41, 5.74) is 5.07. The molecule has 0 heterocycles. The van der Waals surface area contributed by atoms with E-state index < -0.39 is 17.9 Å². The smallest absolute Gasteiger partial charge is 0.402 e. The Balaban J connectivity index is 3.15. The van der Waals surface area contributed by atoms with E-state index in [1.54, 1.807) is 0 Å². The molecule has 0 aromatic heterocycles. The van der Waals surface area contributed by atoms with Gasteiger partial charge in [-0.2, -0.15) is 0 Å². The van der Waals surface area contributed by atoms with Crippen molar-refractivity contribution in [3.05, 3.63) is 23.5 Å². The molecule has 0 atom stereocenters. The minimum Gasteiger partial charge on any atom is -0.402 e. The van der Waals surface area contributed by atoms with Gasteiger partial charge in [0.05, 0.1) is 5.88 Å². The molecule has 0 saturated carbocycles. The zero-order chi connectivity index (χ0) is 11.6. The molecule has 0 spiro atoms. The van der Waals surface area contributed by atoms with Gasteiger partial charge in [0, 0.05) is 17.3 Å². The van der Waals surface area contributed by atoms with Gasteiger partial charge in [0.25, 0.3) is 0 Å². The number of nitrogens with two attached hydrogens (primary N) is 1. The summed E-state index contributed by atoms with van der Waals surface area (Å²) in [6.45, 7) is 0. The molecule has 2 N–H and O–H groups in total. The van der Waals surface area contributed by atoms with Crippen LogP contribution < -0.4 is 10.5 Å². The molecule has 1 rings (SSSR count).